The van der Waals surface area contributed by atoms with Crippen LogP contribution in [0.2, 0.25) is 0 Å². The van der Waals surface area contributed by atoms with Crippen LogP contribution in [0.1, 0.15) is 79.7 Å². The Morgan fingerprint density at radius 2 is 1.77 bits per heavy atom. The summed E-state index contributed by atoms with van der Waals surface area (Å²) in [5.41, 5.74) is 1.76. The first-order chi connectivity index (χ1) is 18.7. The van der Waals surface area contributed by atoms with Crippen molar-refractivity contribution >= 4 is 28.9 Å². The third-order valence-corrected chi connectivity index (χ3v) is 6.18. The number of benzene rings is 1. The van der Waals surface area contributed by atoms with Crippen LogP contribution >= 0.6 is 0 Å². The molecule has 222 valence electrons. The molecule has 0 unspecified atom stereocenters. The fourth-order valence-corrected chi connectivity index (χ4v) is 3.61. The molecule has 0 bridgehead atoms. The number of anilines is 1. The number of hydrogen-bond acceptors (Lipinski definition) is 4. The Hall–Kier alpha value is -3.36. The van der Waals surface area contributed by atoms with Crippen LogP contribution in [0.3, 0.4) is 0 Å². The number of nitrogens with zero attached hydrogens (tertiary/aromatic N) is 1. The molecule has 0 saturated carbocycles. The Labute approximate surface area is 236 Å². The van der Waals surface area contributed by atoms with E-state index in [-0.39, 0.29) is 11.5 Å². The molecule has 0 aliphatic heterocycles. The van der Waals surface area contributed by atoms with Crippen molar-refractivity contribution < 1.29 is 27.5 Å². The van der Waals surface area contributed by atoms with Crippen LogP contribution in [0.25, 0.3) is 0 Å². The first-order valence-electron chi connectivity index (χ1n) is 13.7. The van der Waals surface area contributed by atoms with Gasteiger partial charge in [-0.05, 0) is 65.5 Å². The molecule has 0 spiro atoms. The summed E-state index contributed by atoms with van der Waals surface area (Å²) in [6.45, 7) is 15.6. The van der Waals surface area contributed by atoms with E-state index in [0.717, 1.165) is 23.4 Å². The van der Waals surface area contributed by atoms with Crippen LogP contribution < -0.4 is 15.4 Å². The number of alkyl halides is 3. The predicted molar refractivity (Wildman–Crippen MR) is 157 cm³/mol. The van der Waals surface area contributed by atoms with E-state index >= 15 is 0 Å². The lowest BCUT2D eigenvalue weighted by Crippen LogP contribution is -2.36. The van der Waals surface area contributed by atoms with Crippen molar-refractivity contribution in [2.45, 2.75) is 87.2 Å². The van der Waals surface area contributed by atoms with Crippen LogP contribution in [0.5, 0.6) is 5.75 Å². The van der Waals surface area contributed by atoms with E-state index in [4.69, 9.17) is 9.73 Å². The van der Waals surface area contributed by atoms with Crippen molar-refractivity contribution in [3.05, 3.63) is 53.1 Å². The topological polar surface area (TPSA) is 79.8 Å². The number of nitrogens with one attached hydrogen (secondary N) is 2. The number of allylic oxidation sites excluding steroid dienone is 5. The summed E-state index contributed by atoms with van der Waals surface area (Å²) in [7, 11) is 0. The number of amides is 2. The molecule has 0 atom stereocenters. The van der Waals surface area contributed by atoms with Crippen molar-refractivity contribution in [2.75, 3.05) is 18.5 Å². The van der Waals surface area contributed by atoms with Gasteiger partial charge in [0.05, 0.1) is 23.6 Å². The van der Waals surface area contributed by atoms with Crippen molar-refractivity contribution in [2.24, 2.45) is 10.4 Å². The molecule has 40 heavy (non-hydrogen) atoms. The SMILES string of the molecule is CCC/C=C(/C=C\C=C(/C)C(=O)Nc1cc(C)c(N=C(C)CCC(C)(C)C(=O)NCC)cc1OCC)C(F)(F)F. The monoisotopic (exact) mass is 563 g/mol. The van der Waals surface area contributed by atoms with Gasteiger partial charge in [0.25, 0.3) is 5.91 Å². The van der Waals surface area contributed by atoms with Gasteiger partial charge in [0.1, 0.15) is 5.75 Å². The van der Waals surface area contributed by atoms with Gasteiger partial charge < -0.3 is 15.4 Å². The summed E-state index contributed by atoms with van der Waals surface area (Å²) in [4.78, 5) is 29.8. The van der Waals surface area contributed by atoms with Gasteiger partial charge in [-0.15, -0.1) is 0 Å². The van der Waals surface area contributed by atoms with Crippen molar-refractivity contribution in [1.29, 1.82) is 0 Å². The number of carbonyl (C=O) groups is 2. The van der Waals surface area contributed by atoms with Crippen LogP contribution in [0.15, 0.2) is 52.6 Å². The molecule has 0 radical (unpaired) electrons. The number of aryl methyl sites for hydroxylation is 1. The zero-order valence-corrected chi connectivity index (χ0v) is 25.0. The highest BCUT2D eigenvalue weighted by atomic mass is 19.4. The minimum absolute atomic E-state index is 0.00583. The molecule has 0 aliphatic carbocycles. The number of carbonyl (C=O) groups excluding carboxylic acids is 2. The van der Waals surface area contributed by atoms with Gasteiger partial charge >= 0.3 is 6.18 Å². The summed E-state index contributed by atoms with van der Waals surface area (Å²) >= 11 is 0. The second-order valence-corrected chi connectivity index (χ2v) is 10.3. The van der Waals surface area contributed by atoms with Crippen molar-refractivity contribution in [3.8, 4) is 5.75 Å². The molecule has 1 aromatic carbocycles. The zero-order valence-electron chi connectivity index (χ0n) is 25.0. The quantitative estimate of drug-likeness (QED) is 0.136. The lowest BCUT2D eigenvalue weighted by molar-refractivity contribution is -0.129. The molecular weight excluding hydrogens is 519 g/mol. The molecule has 2 N–H and O–H groups in total. The summed E-state index contributed by atoms with van der Waals surface area (Å²) in [5, 5.41) is 5.66. The van der Waals surface area contributed by atoms with Gasteiger partial charge in [0.2, 0.25) is 5.91 Å². The Morgan fingerprint density at radius 3 is 2.35 bits per heavy atom. The molecule has 0 fully saturated rings. The van der Waals surface area contributed by atoms with E-state index in [1.54, 1.807) is 19.1 Å². The predicted octanol–water partition coefficient (Wildman–Crippen LogP) is 8.16. The Morgan fingerprint density at radius 1 is 1.10 bits per heavy atom. The molecule has 6 nitrogen and oxygen atoms in total. The lowest BCUT2D eigenvalue weighted by Gasteiger charge is -2.23. The van der Waals surface area contributed by atoms with Crippen LogP contribution in [0.4, 0.5) is 24.5 Å². The van der Waals surface area contributed by atoms with Gasteiger partial charge in [-0.25, -0.2) is 0 Å². The number of ether oxygens (including phenoxy) is 1. The summed E-state index contributed by atoms with van der Waals surface area (Å²) in [6.07, 6.45) is 2.42. The second-order valence-electron chi connectivity index (χ2n) is 10.3. The maximum absolute atomic E-state index is 13.2. The maximum Gasteiger partial charge on any atom is 0.416 e. The third kappa shape index (κ3) is 11.4. The minimum Gasteiger partial charge on any atom is -0.492 e. The van der Waals surface area contributed by atoms with E-state index < -0.39 is 23.1 Å². The molecule has 2 amide bonds. The third-order valence-electron chi connectivity index (χ3n) is 6.18. The van der Waals surface area contributed by atoms with Gasteiger partial charge in [0.15, 0.2) is 0 Å². The molecule has 9 heteroatoms. The van der Waals surface area contributed by atoms with Crippen LogP contribution in [-0.2, 0) is 9.59 Å². The van der Waals surface area contributed by atoms with Gasteiger partial charge in [0, 0.05) is 29.3 Å². The molecule has 0 aliphatic rings. The highest BCUT2D eigenvalue weighted by Crippen LogP contribution is 2.34. The average molecular weight is 564 g/mol. The summed E-state index contributed by atoms with van der Waals surface area (Å²) in [6, 6.07) is 3.51. The smallest absolute Gasteiger partial charge is 0.416 e. The number of hydrogen-bond donors (Lipinski definition) is 2. The Balaban J connectivity index is 3.11. The molecule has 1 rings (SSSR count). The number of halogens is 3. The molecule has 0 heterocycles. The lowest BCUT2D eigenvalue weighted by atomic mass is 9.86. The Kier molecular flexibility index (Phi) is 13.9. The van der Waals surface area contributed by atoms with Crippen LogP contribution in [0, 0.1) is 12.3 Å². The molecular formula is C31H44F3N3O3. The molecule has 0 saturated heterocycles. The van der Waals surface area contributed by atoms with Crippen LogP contribution in [-0.4, -0.2) is 36.9 Å². The van der Waals surface area contributed by atoms with Gasteiger partial charge in [-0.2, -0.15) is 13.2 Å². The fourth-order valence-electron chi connectivity index (χ4n) is 3.61. The average Bonchev–Trinajstić information content (AvgIpc) is 2.86. The number of rotatable bonds is 14. The van der Waals surface area contributed by atoms with E-state index in [1.165, 1.54) is 19.1 Å². The number of aliphatic imine (C=N–C) groups is 1. The van der Waals surface area contributed by atoms with Gasteiger partial charge in [-0.3, -0.25) is 14.6 Å². The van der Waals surface area contributed by atoms with Gasteiger partial charge in [-0.1, -0.05) is 51.5 Å². The van der Waals surface area contributed by atoms with Crippen molar-refractivity contribution in [3.63, 3.8) is 0 Å². The molecule has 1 aromatic rings. The fraction of sp³-hybridized carbons (Fsp3) is 0.516. The summed E-state index contributed by atoms with van der Waals surface area (Å²) < 4.78 is 45.3. The normalized spacial score (nSPS) is 13.5. The van der Waals surface area contributed by atoms with Crippen molar-refractivity contribution in [1.82, 2.24) is 5.32 Å². The Bertz CT molecular complexity index is 1150. The highest BCUT2D eigenvalue weighted by molar-refractivity contribution is 6.04. The maximum atomic E-state index is 13.2. The first-order valence-corrected chi connectivity index (χ1v) is 13.7. The molecule has 0 aromatic heterocycles. The van der Waals surface area contributed by atoms with E-state index in [0.29, 0.717) is 56.0 Å². The van der Waals surface area contributed by atoms with E-state index in [2.05, 4.69) is 10.6 Å². The first kappa shape index (κ1) is 34.7. The minimum atomic E-state index is -4.46. The summed E-state index contributed by atoms with van der Waals surface area (Å²) in [5.74, 6) is -0.0248. The van der Waals surface area contributed by atoms with E-state index in [9.17, 15) is 22.8 Å². The number of unbranched alkanes of at least 4 members (excludes halogenated alkanes) is 1. The largest absolute Gasteiger partial charge is 0.492 e. The van der Waals surface area contributed by atoms with E-state index in [1.807, 2.05) is 41.5 Å². The second kappa shape index (κ2) is 16.0. The zero-order chi connectivity index (χ0) is 30.5. The standard InChI is InChI=1S/C31H44F3N3O3/c1-9-12-15-24(31(32,33)34)16-13-14-21(4)28(38)37-26-19-22(5)25(20-27(26)40-11-3)36-23(6)17-18-30(7,8)29(39)35-10-2/h13-16,19-20H,9-12,17-18H2,1-8H3,(H,35,39)(H,37,38)/b16-13-,21-14+,24-15-,36-23?. The highest BCUT2D eigenvalue weighted by Gasteiger charge is 2.31.